The van der Waals surface area contributed by atoms with E-state index in [1.54, 1.807) is 4.90 Å². The van der Waals surface area contributed by atoms with Crippen LogP contribution in [0.15, 0.2) is 30.3 Å². The molecule has 0 aromatic heterocycles. The lowest BCUT2D eigenvalue weighted by Crippen LogP contribution is -2.42. The Morgan fingerprint density at radius 3 is 2.71 bits per heavy atom. The van der Waals surface area contributed by atoms with Crippen LogP contribution < -0.4 is 10.6 Å². The molecule has 21 heavy (non-hydrogen) atoms. The van der Waals surface area contributed by atoms with Gasteiger partial charge in [0, 0.05) is 19.6 Å². The van der Waals surface area contributed by atoms with Crippen LogP contribution in [0.3, 0.4) is 0 Å². The van der Waals surface area contributed by atoms with Gasteiger partial charge in [0.15, 0.2) is 0 Å². The minimum atomic E-state index is -0.0411. The van der Waals surface area contributed by atoms with E-state index in [-0.39, 0.29) is 24.3 Å². The van der Waals surface area contributed by atoms with Crippen molar-refractivity contribution in [2.75, 3.05) is 26.2 Å². The maximum Gasteiger partial charge on any atom is 0.242 e. The fourth-order valence-corrected chi connectivity index (χ4v) is 2.48. The molecule has 1 saturated heterocycles. The van der Waals surface area contributed by atoms with E-state index < -0.39 is 0 Å². The third kappa shape index (κ3) is 4.56. The van der Waals surface area contributed by atoms with Gasteiger partial charge in [-0.1, -0.05) is 30.3 Å². The first-order valence-corrected chi connectivity index (χ1v) is 7.51. The lowest BCUT2D eigenvalue weighted by Gasteiger charge is -2.21. The topological polar surface area (TPSA) is 61.4 Å². The molecular weight excluding hydrogens is 266 g/mol. The fraction of sp³-hybridized carbons (Fsp3) is 0.500. The van der Waals surface area contributed by atoms with Gasteiger partial charge in [-0.05, 0) is 25.5 Å². The van der Waals surface area contributed by atoms with E-state index in [2.05, 4.69) is 10.6 Å². The molecule has 0 bridgehead atoms. The summed E-state index contributed by atoms with van der Waals surface area (Å²) in [5.74, 6) is -0.0632. The Balaban J connectivity index is 1.81. The van der Waals surface area contributed by atoms with Crippen molar-refractivity contribution in [2.45, 2.75) is 19.9 Å². The van der Waals surface area contributed by atoms with Crippen LogP contribution in [0.1, 0.15) is 18.9 Å². The second kappa shape index (κ2) is 7.78. The molecule has 1 aliphatic heterocycles. The lowest BCUT2D eigenvalue weighted by atomic mass is 10.1. The summed E-state index contributed by atoms with van der Waals surface area (Å²) in [6.07, 6.45) is 0.849. The molecule has 1 aliphatic rings. The Kier molecular flexibility index (Phi) is 5.75. The number of hydrogen-bond acceptors (Lipinski definition) is 3. The van der Waals surface area contributed by atoms with Crippen molar-refractivity contribution in [2.24, 2.45) is 5.92 Å². The third-order valence-corrected chi connectivity index (χ3v) is 3.80. The number of rotatable bonds is 6. The molecular formula is C16H23N3O2. The SMILES string of the molecule is CCN(Cc1ccccc1)C(=O)CNC(=O)C1CCNC1. The summed E-state index contributed by atoms with van der Waals surface area (Å²) in [6.45, 7) is 4.83. The number of nitrogens with one attached hydrogen (secondary N) is 2. The van der Waals surface area contributed by atoms with Crippen LogP contribution in [0.25, 0.3) is 0 Å². The summed E-state index contributed by atoms with van der Waals surface area (Å²) >= 11 is 0. The number of likely N-dealkylation sites (N-methyl/N-ethyl adjacent to an activating group) is 1. The van der Waals surface area contributed by atoms with E-state index in [1.807, 2.05) is 37.3 Å². The second-order valence-corrected chi connectivity index (χ2v) is 5.30. The van der Waals surface area contributed by atoms with Crippen molar-refractivity contribution < 1.29 is 9.59 Å². The smallest absolute Gasteiger partial charge is 0.242 e. The Hall–Kier alpha value is -1.88. The third-order valence-electron chi connectivity index (χ3n) is 3.80. The van der Waals surface area contributed by atoms with Gasteiger partial charge in [-0.2, -0.15) is 0 Å². The lowest BCUT2D eigenvalue weighted by molar-refractivity contribution is -0.134. The molecule has 2 N–H and O–H groups in total. The first-order valence-electron chi connectivity index (χ1n) is 7.51. The van der Waals surface area contributed by atoms with Gasteiger partial charge in [-0.3, -0.25) is 9.59 Å². The molecule has 1 heterocycles. The molecule has 5 nitrogen and oxygen atoms in total. The summed E-state index contributed by atoms with van der Waals surface area (Å²) in [5, 5.41) is 5.91. The van der Waals surface area contributed by atoms with Crippen molar-refractivity contribution in [1.29, 1.82) is 0 Å². The van der Waals surface area contributed by atoms with Gasteiger partial charge in [-0.25, -0.2) is 0 Å². The maximum atomic E-state index is 12.2. The van der Waals surface area contributed by atoms with Crippen molar-refractivity contribution in [1.82, 2.24) is 15.5 Å². The average Bonchev–Trinajstić information content (AvgIpc) is 3.05. The zero-order valence-corrected chi connectivity index (χ0v) is 12.5. The molecule has 1 aromatic rings. The maximum absolute atomic E-state index is 12.2. The largest absolute Gasteiger partial charge is 0.347 e. The van der Waals surface area contributed by atoms with Crippen LogP contribution in [-0.2, 0) is 16.1 Å². The molecule has 1 aromatic carbocycles. The van der Waals surface area contributed by atoms with E-state index in [0.717, 1.165) is 18.5 Å². The van der Waals surface area contributed by atoms with Gasteiger partial charge >= 0.3 is 0 Å². The molecule has 1 unspecified atom stereocenters. The Morgan fingerprint density at radius 2 is 2.10 bits per heavy atom. The monoisotopic (exact) mass is 289 g/mol. The number of nitrogens with zero attached hydrogens (tertiary/aromatic N) is 1. The van der Waals surface area contributed by atoms with Gasteiger partial charge < -0.3 is 15.5 Å². The van der Waals surface area contributed by atoms with Gasteiger partial charge in [0.25, 0.3) is 0 Å². The first kappa shape index (κ1) is 15.5. The predicted molar refractivity (Wildman–Crippen MR) is 81.5 cm³/mol. The van der Waals surface area contributed by atoms with Crippen LogP contribution in [-0.4, -0.2) is 42.9 Å². The van der Waals surface area contributed by atoms with Crippen LogP contribution in [0.4, 0.5) is 0 Å². The molecule has 0 aliphatic carbocycles. The number of amides is 2. The van der Waals surface area contributed by atoms with Gasteiger partial charge in [-0.15, -0.1) is 0 Å². The van der Waals surface area contributed by atoms with E-state index in [1.165, 1.54) is 0 Å². The highest BCUT2D eigenvalue weighted by Crippen LogP contribution is 2.07. The zero-order chi connectivity index (χ0) is 15.1. The highest BCUT2D eigenvalue weighted by atomic mass is 16.2. The zero-order valence-electron chi connectivity index (χ0n) is 12.5. The molecule has 0 spiro atoms. The fourth-order valence-electron chi connectivity index (χ4n) is 2.48. The molecule has 0 saturated carbocycles. The summed E-state index contributed by atoms with van der Waals surface area (Å²) < 4.78 is 0. The van der Waals surface area contributed by atoms with E-state index in [4.69, 9.17) is 0 Å². The predicted octanol–water partition coefficient (Wildman–Crippen LogP) is 0.761. The Bertz CT molecular complexity index is 470. The van der Waals surface area contributed by atoms with Crippen molar-refractivity contribution >= 4 is 11.8 Å². The highest BCUT2D eigenvalue weighted by Gasteiger charge is 2.23. The molecule has 114 valence electrons. The number of carbonyl (C=O) groups is 2. The van der Waals surface area contributed by atoms with E-state index in [0.29, 0.717) is 19.6 Å². The first-order chi connectivity index (χ1) is 10.2. The highest BCUT2D eigenvalue weighted by molar-refractivity contribution is 5.86. The minimum Gasteiger partial charge on any atom is -0.347 e. The number of benzene rings is 1. The van der Waals surface area contributed by atoms with Crippen molar-refractivity contribution in [3.05, 3.63) is 35.9 Å². The van der Waals surface area contributed by atoms with Crippen molar-refractivity contribution in [3.8, 4) is 0 Å². The second-order valence-electron chi connectivity index (χ2n) is 5.30. The number of carbonyl (C=O) groups excluding carboxylic acids is 2. The van der Waals surface area contributed by atoms with Gasteiger partial charge in [0.1, 0.15) is 0 Å². The normalized spacial score (nSPS) is 17.5. The van der Waals surface area contributed by atoms with Gasteiger partial charge in [0.2, 0.25) is 11.8 Å². The Morgan fingerprint density at radius 1 is 1.33 bits per heavy atom. The molecule has 0 radical (unpaired) electrons. The van der Waals surface area contributed by atoms with E-state index >= 15 is 0 Å². The van der Waals surface area contributed by atoms with Crippen LogP contribution >= 0.6 is 0 Å². The minimum absolute atomic E-state index is 0.00185. The molecule has 2 amide bonds. The van der Waals surface area contributed by atoms with Crippen LogP contribution in [0.2, 0.25) is 0 Å². The summed E-state index contributed by atoms with van der Waals surface area (Å²) in [5.41, 5.74) is 1.10. The molecule has 1 atom stereocenters. The average molecular weight is 289 g/mol. The molecule has 1 fully saturated rings. The molecule has 2 rings (SSSR count). The van der Waals surface area contributed by atoms with E-state index in [9.17, 15) is 9.59 Å². The molecule has 5 heteroatoms. The van der Waals surface area contributed by atoms with Crippen LogP contribution in [0.5, 0.6) is 0 Å². The standard InChI is InChI=1S/C16H23N3O2/c1-2-19(12-13-6-4-3-5-7-13)15(20)11-18-16(21)14-8-9-17-10-14/h3-7,14,17H,2,8-12H2,1H3,(H,18,21). The quantitative estimate of drug-likeness (QED) is 0.813. The Labute approximate surface area is 125 Å². The van der Waals surface area contributed by atoms with Crippen LogP contribution in [0, 0.1) is 5.92 Å². The summed E-state index contributed by atoms with van der Waals surface area (Å²) in [6, 6.07) is 9.87. The summed E-state index contributed by atoms with van der Waals surface area (Å²) in [7, 11) is 0. The van der Waals surface area contributed by atoms with Gasteiger partial charge in [0.05, 0.1) is 12.5 Å². The van der Waals surface area contributed by atoms with Crippen molar-refractivity contribution in [3.63, 3.8) is 0 Å². The number of hydrogen-bond donors (Lipinski definition) is 2. The summed E-state index contributed by atoms with van der Waals surface area (Å²) in [4.78, 5) is 25.8.